The van der Waals surface area contributed by atoms with Gasteiger partial charge in [-0.3, -0.25) is 14.4 Å². The molecule has 0 aliphatic heterocycles. The van der Waals surface area contributed by atoms with Gasteiger partial charge in [0.2, 0.25) is 5.91 Å². The molecule has 0 unspecified atom stereocenters. The van der Waals surface area contributed by atoms with Crippen LogP contribution in [0.1, 0.15) is 50.9 Å². The van der Waals surface area contributed by atoms with Crippen molar-refractivity contribution in [3.63, 3.8) is 0 Å². The molecule has 1 aliphatic carbocycles. The molecule has 0 saturated carbocycles. The summed E-state index contributed by atoms with van der Waals surface area (Å²) in [5.41, 5.74) is 1.71. The predicted molar refractivity (Wildman–Crippen MR) is 158 cm³/mol. The van der Waals surface area contributed by atoms with Crippen molar-refractivity contribution in [2.75, 3.05) is 37.6 Å². The summed E-state index contributed by atoms with van der Waals surface area (Å²) in [5, 5.41) is 2.72. The zero-order valence-electron chi connectivity index (χ0n) is 23.6. The maximum absolute atomic E-state index is 12.8. The first kappa shape index (κ1) is 32.0. The van der Waals surface area contributed by atoms with Crippen LogP contribution < -0.4 is 10.1 Å². The summed E-state index contributed by atoms with van der Waals surface area (Å²) >= 11 is 2.17. The molecule has 2 amide bonds. The van der Waals surface area contributed by atoms with Gasteiger partial charge in [-0.05, 0) is 56.4 Å². The lowest BCUT2D eigenvalue weighted by atomic mass is 9.95. The van der Waals surface area contributed by atoms with Gasteiger partial charge in [0.15, 0.2) is 14.6 Å². The van der Waals surface area contributed by atoms with Crippen molar-refractivity contribution < 1.29 is 46.6 Å². The largest absolute Gasteiger partial charge is 0.465 e. The second-order valence-corrected chi connectivity index (χ2v) is 13.6. The summed E-state index contributed by atoms with van der Waals surface area (Å²) in [6.07, 6.45) is 3.21. The second-order valence-electron chi connectivity index (χ2n) is 9.44. The maximum Gasteiger partial charge on any atom is 0.341 e. The minimum Gasteiger partial charge on any atom is -0.465 e. The minimum absolute atomic E-state index is 0.00149. The van der Waals surface area contributed by atoms with Crippen LogP contribution in [-0.2, 0) is 57.8 Å². The molecule has 0 atom stereocenters. The Labute approximate surface area is 254 Å². The van der Waals surface area contributed by atoms with Gasteiger partial charge >= 0.3 is 17.9 Å². The summed E-state index contributed by atoms with van der Waals surface area (Å²) in [6, 6.07) is 4.53. The molecular formula is C27H29N3O10S3. The number of nitrogens with one attached hydrogen (secondary N) is 1. The number of esters is 3. The minimum atomic E-state index is -4.28. The predicted octanol–water partition coefficient (Wildman–Crippen LogP) is 2.26. The monoisotopic (exact) mass is 651 g/mol. The lowest BCUT2D eigenvalue weighted by Crippen LogP contribution is -2.29. The van der Waals surface area contributed by atoms with Crippen LogP contribution in [0.25, 0.3) is 10.2 Å². The number of thiazole rings is 1. The van der Waals surface area contributed by atoms with Crippen LogP contribution in [-0.4, -0.2) is 75.0 Å². The molecular weight excluding hydrogens is 623 g/mol. The Balaban J connectivity index is 1.56. The summed E-state index contributed by atoms with van der Waals surface area (Å²) in [5.74, 6) is -5.89. The number of ether oxygens (including phenoxy) is 3. The van der Waals surface area contributed by atoms with Crippen molar-refractivity contribution in [2.24, 2.45) is 4.99 Å². The van der Waals surface area contributed by atoms with E-state index in [9.17, 15) is 32.4 Å². The van der Waals surface area contributed by atoms with Gasteiger partial charge in [-0.15, -0.1) is 11.3 Å². The number of fused-ring (bicyclic) bond motifs is 2. The molecule has 13 nitrogen and oxygen atoms in total. The number of methoxy groups -OCH3 is 2. The van der Waals surface area contributed by atoms with Crippen molar-refractivity contribution in [3.05, 3.63) is 44.6 Å². The number of benzene rings is 1. The fourth-order valence-corrected chi connectivity index (χ4v) is 8.00. The molecule has 0 saturated heterocycles. The number of hydrogen-bond acceptors (Lipinski definition) is 12. The highest BCUT2D eigenvalue weighted by molar-refractivity contribution is 7.92. The van der Waals surface area contributed by atoms with E-state index in [4.69, 9.17) is 14.2 Å². The van der Waals surface area contributed by atoms with E-state index in [-0.39, 0.29) is 34.1 Å². The molecule has 0 spiro atoms. The Bertz CT molecular complexity index is 1780. The molecule has 4 rings (SSSR count). The van der Waals surface area contributed by atoms with E-state index in [0.717, 1.165) is 41.0 Å². The molecule has 2 heterocycles. The number of nitrogens with zero attached hydrogens (tertiary/aromatic N) is 2. The van der Waals surface area contributed by atoms with Crippen molar-refractivity contribution in [1.82, 2.24) is 4.57 Å². The number of carbonyl (C=O) groups excluding carboxylic acids is 5. The van der Waals surface area contributed by atoms with Crippen LogP contribution >= 0.6 is 22.7 Å². The summed E-state index contributed by atoms with van der Waals surface area (Å²) < 4.78 is 42.1. The number of thiophene rings is 1. The molecule has 0 radical (unpaired) electrons. The zero-order valence-corrected chi connectivity index (χ0v) is 26.0. The van der Waals surface area contributed by atoms with Gasteiger partial charge in [0.25, 0.3) is 5.91 Å². The number of rotatable bonds is 10. The Morgan fingerprint density at radius 3 is 2.42 bits per heavy atom. The van der Waals surface area contributed by atoms with E-state index < -0.39 is 51.1 Å². The number of aromatic nitrogens is 1. The van der Waals surface area contributed by atoms with Crippen LogP contribution in [0.4, 0.5) is 5.00 Å². The topological polar surface area (TPSA) is 176 Å². The van der Waals surface area contributed by atoms with Gasteiger partial charge < -0.3 is 24.1 Å². The Morgan fingerprint density at radius 2 is 1.72 bits per heavy atom. The van der Waals surface area contributed by atoms with Crippen molar-refractivity contribution in [3.8, 4) is 0 Å². The molecule has 1 aromatic carbocycles. The van der Waals surface area contributed by atoms with E-state index in [1.165, 1.54) is 42.3 Å². The van der Waals surface area contributed by atoms with E-state index in [0.29, 0.717) is 16.6 Å². The van der Waals surface area contributed by atoms with Crippen molar-refractivity contribution in [2.45, 2.75) is 39.2 Å². The molecule has 3 aromatic rings. The summed E-state index contributed by atoms with van der Waals surface area (Å²) in [6.45, 7) is 1.44. The van der Waals surface area contributed by atoms with Crippen LogP contribution in [0.15, 0.2) is 23.2 Å². The smallest absolute Gasteiger partial charge is 0.341 e. The van der Waals surface area contributed by atoms with E-state index in [2.05, 4.69) is 10.3 Å². The second kappa shape index (κ2) is 13.6. The van der Waals surface area contributed by atoms with Crippen LogP contribution in [0.2, 0.25) is 0 Å². The summed E-state index contributed by atoms with van der Waals surface area (Å²) in [7, 11) is -1.82. The van der Waals surface area contributed by atoms with Crippen molar-refractivity contribution in [1.29, 1.82) is 0 Å². The maximum atomic E-state index is 12.8. The third-order valence-electron chi connectivity index (χ3n) is 6.42. The van der Waals surface area contributed by atoms with Crippen molar-refractivity contribution >= 4 is 77.5 Å². The van der Waals surface area contributed by atoms with Gasteiger partial charge in [-0.2, -0.15) is 4.99 Å². The van der Waals surface area contributed by atoms with Gasteiger partial charge in [-0.1, -0.05) is 11.3 Å². The first-order valence-electron chi connectivity index (χ1n) is 13.1. The number of hydrogen-bond donors (Lipinski definition) is 1. The zero-order chi connectivity index (χ0) is 31.3. The average Bonchev–Trinajstić information content (AvgIpc) is 3.47. The third-order valence-corrected chi connectivity index (χ3v) is 10.1. The first-order valence-corrected chi connectivity index (χ1v) is 16.6. The lowest BCUT2D eigenvalue weighted by molar-refractivity contribution is -0.143. The number of amides is 2. The molecule has 0 fully saturated rings. The third kappa shape index (κ3) is 7.55. The molecule has 43 heavy (non-hydrogen) atoms. The molecule has 1 aliphatic rings. The highest BCUT2D eigenvalue weighted by atomic mass is 32.2. The SMILES string of the molecule is CCOC(=O)Cn1c(=NC(=O)CS(=O)(=O)CC(=O)Nc2sc3c(c2C(=O)OC)CCCC3)sc2cc(C(=O)OC)ccc21. The number of carbonyl (C=O) groups is 5. The van der Waals surface area contributed by atoms with Crippen LogP contribution in [0, 0.1) is 0 Å². The quantitative estimate of drug-likeness (QED) is 0.253. The summed E-state index contributed by atoms with van der Waals surface area (Å²) in [4.78, 5) is 67.1. The highest BCUT2D eigenvalue weighted by Gasteiger charge is 2.28. The molecule has 0 bridgehead atoms. The Kier molecular flexibility index (Phi) is 10.1. The van der Waals surface area contributed by atoms with Gasteiger partial charge in [0.1, 0.15) is 23.1 Å². The lowest BCUT2D eigenvalue weighted by Gasteiger charge is -2.11. The van der Waals surface area contributed by atoms with Gasteiger partial charge in [0.05, 0.1) is 42.2 Å². The fraction of sp³-hybridized carbons (Fsp3) is 0.407. The van der Waals surface area contributed by atoms with E-state index in [1.807, 2.05) is 0 Å². The first-order chi connectivity index (χ1) is 20.5. The molecule has 16 heteroatoms. The molecule has 230 valence electrons. The van der Waals surface area contributed by atoms with E-state index >= 15 is 0 Å². The highest BCUT2D eigenvalue weighted by Crippen LogP contribution is 2.38. The normalized spacial score (nSPS) is 13.3. The number of anilines is 1. The Hall–Kier alpha value is -3.89. The van der Waals surface area contributed by atoms with Gasteiger partial charge in [0, 0.05) is 4.88 Å². The van der Waals surface area contributed by atoms with Crippen LogP contribution in [0.3, 0.4) is 0 Å². The average molecular weight is 652 g/mol. The number of sulfone groups is 1. The van der Waals surface area contributed by atoms with Gasteiger partial charge in [-0.25, -0.2) is 18.0 Å². The fourth-order valence-electron chi connectivity index (χ4n) is 4.60. The van der Waals surface area contributed by atoms with Crippen LogP contribution in [0.5, 0.6) is 0 Å². The standard InChI is InChI=1S/C27H29N3O10S3/c1-4-40-22(33)12-30-17-10-9-15(25(34)38-2)11-19(17)42-27(30)29-21(32)14-43(36,37)13-20(31)28-24-23(26(35)39-3)16-7-5-6-8-18(16)41-24/h9-11H,4-8,12-14H2,1-3H3,(H,28,31). The Morgan fingerprint density at radius 1 is 1.00 bits per heavy atom. The number of aryl methyl sites for hydroxylation is 1. The van der Waals surface area contributed by atoms with E-state index in [1.54, 1.807) is 13.0 Å². The molecule has 1 N–H and O–H groups in total. The molecule has 2 aromatic heterocycles.